The first-order chi connectivity index (χ1) is 11.1. The van der Waals surface area contributed by atoms with Gasteiger partial charge in [-0.2, -0.15) is 0 Å². The molecule has 1 fully saturated rings. The molecule has 1 saturated heterocycles. The summed E-state index contributed by atoms with van der Waals surface area (Å²) in [4.78, 5) is 24.6. The van der Waals surface area contributed by atoms with Crippen LogP contribution in [0.15, 0.2) is 12.1 Å². The standard InChI is InChI=1S/C17H22N2O4/c1-10-7-11-8-12(9-14(15(11)23-10)17(21)18-2)16(20)19-13-3-5-22-6-4-13/h8-10,13H,3-7H2,1-2H3,(H,18,21)(H,19,20). The highest BCUT2D eigenvalue weighted by Gasteiger charge is 2.27. The molecule has 0 aliphatic carbocycles. The molecule has 0 bridgehead atoms. The van der Waals surface area contributed by atoms with Gasteiger partial charge in [0.15, 0.2) is 0 Å². The van der Waals surface area contributed by atoms with Crippen LogP contribution in [0.25, 0.3) is 0 Å². The van der Waals surface area contributed by atoms with Gasteiger partial charge in [-0.15, -0.1) is 0 Å². The van der Waals surface area contributed by atoms with Crippen LogP contribution in [0.2, 0.25) is 0 Å². The zero-order valence-corrected chi connectivity index (χ0v) is 13.5. The van der Waals surface area contributed by atoms with Gasteiger partial charge in [0, 0.05) is 38.3 Å². The van der Waals surface area contributed by atoms with E-state index in [9.17, 15) is 9.59 Å². The molecule has 3 rings (SSSR count). The van der Waals surface area contributed by atoms with Gasteiger partial charge >= 0.3 is 0 Å². The van der Waals surface area contributed by atoms with Crippen LogP contribution in [0.5, 0.6) is 5.75 Å². The lowest BCUT2D eigenvalue weighted by Crippen LogP contribution is -2.39. The van der Waals surface area contributed by atoms with Crippen molar-refractivity contribution in [3.8, 4) is 5.75 Å². The Kier molecular flexibility index (Phi) is 4.52. The van der Waals surface area contributed by atoms with E-state index in [0.29, 0.717) is 36.5 Å². The fourth-order valence-corrected chi connectivity index (χ4v) is 3.08. The summed E-state index contributed by atoms with van der Waals surface area (Å²) in [5.74, 6) is 0.208. The maximum Gasteiger partial charge on any atom is 0.254 e. The molecule has 0 spiro atoms. The van der Waals surface area contributed by atoms with Crippen LogP contribution in [0.4, 0.5) is 0 Å². The van der Waals surface area contributed by atoms with Crippen LogP contribution in [-0.2, 0) is 11.2 Å². The van der Waals surface area contributed by atoms with E-state index in [1.807, 2.05) is 13.0 Å². The van der Waals surface area contributed by atoms with Crippen molar-refractivity contribution in [3.63, 3.8) is 0 Å². The van der Waals surface area contributed by atoms with E-state index in [4.69, 9.17) is 9.47 Å². The molecule has 2 N–H and O–H groups in total. The van der Waals surface area contributed by atoms with Crippen molar-refractivity contribution in [2.75, 3.05) is 20.3 Å². The topological polar surface area (TPSA) is 76.7 Å². The summed E-state index contributed by atoms with van der Waals surface area (Å²) in [5.41, 5.74) is 1.84. The van der Waals surface area contributed by atoms with E-state index in [1.165, 1.54) is 0 Å². The number of rotatable bonds is 3. The van der Waals surface area contributed by atoms with Crippen LogP contribution in [0.1, 0.15) is 46.0 Å². The number of carbonyl (C=O) groups excluding carboxylic acids is 2. The highest BCUT2D eigenvalue weighted by atomic mass is 16.5. The van der Waals surface area contributed by atoms with E-state index in [2.05, 4.69) is 10.6 Å². The highest BCUT2D eigenvalue weighted by Crippen LogP contribution is 2.34. The van der Waals surface area contributed by atoms with Crippen LogP contribution >= 0.6 is 0 Å². The third-order valence-electron chi connectivity index (χ3n) is 4.28. The average molecular weight is 318 g/mol. The van der Waals surface area contributed by atoms with Crippen molar-refractivity contribution in [2.45, 2.75) is 38.3 Å². The molecule has 2 heterocycles. The molecule has 6 heteroatoms. The second kappa shape index (κ2) is 6.58. The third kappa shape index (κ3) is 3.32. The van der Waals surface area contributed by atoms with Gasteiger partial charge in [-0.25, -0.2) is 0 Å². The summed E-state index contributed by atoms with van der Waals surface area (Å²) >= 11 is 0. The molecule has 1 unspecified atom stereocenters. The summed E-state index contributed by atoms with van der Waals surface area (Å²) in [7, 11) is 1.57. The smallest absolute Gasteiger partial charge is 0.254 e. The summed E-state index contributed by atoms with van der Waals surface area (Å²) in [6, 6.07) is 3.58. The first kappa shape index (κ1) is 15.8. The van der Waals surface area contributed by atoms with E-state index >= 15 is 0 Å². The van der Waals surface area contributed by atoms with Gasteiger partial charge in [0.05, 0.1) is 5.56 Å². The van der Waals surface area contributed by atoms with Crippen molar-refractivity contribution in [1.82, 2.24) is 10.6 Å². The fraction of sp³-hybridized carbons (Fsp3) is 0.529. The summed E-state index contributed by atoms with van der Waals surface area (Å²) < 4.78 is 11.0. The van der Waals surface area contributed by atoms with Crippen molar-refractivity contribution in [2.24, 2.45) is 0 Å². The summed E-state index contributed by atoms with van der Waals surface area (Å²) in [6.07, 6.45) is 2.36. The van der Waals surface area contributed by atoms with Crippen molar-refractivity contribution in [1.29, 1.82) is 0 Å². The molecular weight excluding hydrogens is 296 g/mol. The van der Waals surface area contributed by atoms with E-state index < -0.39 is 0 Å². The Hall–Kier alpha value is -2.08. The number of benzene rings is 1. The SMILES string of the molecule is CNC(=O)c1cc(C(=O)NC2CCOCC2)cc2c1OC(C)C2. The molecule has 2 aliphatic rings. The second-order valence-electron chi connectivity index (χ2n) is 6.08. The van der Waals surface area contributed by atoms with Crippen LogP contribution in [0, 0.1) is 0 Å². The number of hydrogen-bond donors (Lipinski definition) is 2. The Morgan fingerprint density at radius 2 is 1.91 bits per heavy atom. The number of carbonyl (C=O) groups is 2. The van der Waals surface area contributed by atoms with Crippen LogP contribution in [-0.4, -0.2) is 44.2 Å². The average Bonchev–Trinajstić information content (AvgIpc) is 2.94. The lowest BCUT2D eigenvalue weighted by atomic mass is 10.0. The fourth-order valence-electron chi connectivity index (χ4n) is 3.08. The first-order valence-corrected chi connectivity index (χ1v) is 8.02. The number of fused-ring (bicyclic) bond motifs is 1. The highest BCUT2D eigenvalue weighted by molar-refractivity contribution is 6.02. The minimum absolute atomic E-state index is 0.0159. The number of amides is 2. The third-order valence-corrected chi connectivity index (χ3v) is 4.28. The van der Waals surface area contributed by atoms with E-state index in [1.54, 1.807) is 13.1 Å². The predicted octanol–water partition coefficient (Wildman–Crippen LogP) is 1.28. The van der Waals surface area contributed by atoms with Gasteiger partial charge in [0.25, 0.3) is 11.8 Å². The van der Waals surface area contributed by atoms with Crippen molar-refractivity contribution >= 4 is 11.8 Å². The van der Waals surface area contributed by atoms with Gasteiger partial charge in [-0.05, 0) is 37.5 Å². The first-order valence-electron chi connectivity index (χ1n) is 8.02. The van der Waals surface area contributed by atoms with Crippen molar-refractivity contribution in [3.05, 3.63) is 28.8 Å². The lowest BCUT2D eigenvalue weighted by molar-refractivity contribution is 0.0696. The van der Waals surface area contributed by atoms with E-state index in [-0.39, 0.29) is 24.0 Å². The minimum atomic E-state index is -0.240. The molecule has 124 valence electrons. The Morgan fingerprint density at radius 3 is 2.61 bits per heavy atom. The molecule has 1 aromatic rings. The normalized spacial score (nSPS) is 20.5. The zero-order valence-electron chi connectivity index (χ0n) is 13.5. The largest absolute Gasteiger partial charge is 0.489 e. The number of hydrogen-bond acceptors (Lipinski definition) is 4. The monoisotopic (exact) mass is 318 g/mol. The molecule has 0 saturated carbocycles. The Labute approximate surface area is 135 Å². The number of ether oxygens (including phenoxy) is 2. The summed E-state index contributed by atoms with van der Waals surface area (Å²) in [5, 5.41) is 5.64. The predicted molar refractivity (Wildman–Crippen MR) is 84.9 cm³/mol. The quantitative estimate of drug-likeness (QED) is 0.880. The van der Waals surface area contributed by atoms with Gasteiger partial charge in [-0.3, -0.25) is 9.59 Å². The Balaban J connectivity index is 1.86. The molecule has 1 aromatic carbocycles. The van der Waals surface area contributed by atoms with Crippen molar-refractivity contribution < 1.29 is 19.1 Å². The second-order valence-corrected chi connectivity index (χ2v) is 6.08. The van der Waals surface area contributed by atoms with Crippen LogP contribution < -0.4 is 15.4 Å². The zero-order chi connectivity index (χ0) is 16.4. The molecule has 1 atom stereocenters. The molecule has 23 heavy (non-hydrogen) atoms. The summed E-state index contributed by atoms with van der Waals surface area (Å²) in [6.45, 7) is 3.30. The Bertz CT molecular complexity index is 623. The van der Waals surface area contributed by atoms with Gasteiger partial charge in [-0.1, -0.05) is 0 Å². The van der Waals surface area contributed by atoms with Gasteiger partial charge < -0.3 is 20.1 Å². The maximum absolute atomic E-state index is 12.5. The van der Waals surface area contributed by atoms with E-state index in [0.717, 1.165) is 18.4 Å². The maximum atomic E-state index is 12.5. The van der Waals surface area contributed by atoms with Gasteiger partial charge in [0.2, 0.25) is 0 Å². The minimum Gasteiger partial charge on any atom is -0.489 e. The van der Waals surface area contributed by atoms with Crippen LogP contribution in [0.3, 0.4) is 0 Å². The molecular formula is C17H22N2O4. The molecule has 0 radical (unpaired) electrons. The molecule has 2 amide bonds. The van der Waals surface area contributed by atoms with Gasteiger partial charge in [0.1, 0.15) is 11.9 Å². The molecule has 2 aliphatic heterocycles. The molecule has 6 nitrogen and oxygen atoms in total. The Morgan fingerprint density at radius 1 is 1.17 bits per heavy atom. The molecule has 0 aromatic heterocycles. The number of nitrogens with one attached hydrogen (secondary N) is 2. The lowest BCUT2D eigenvalue weighted by Gasteiger charge is -2.23.